The number of carbonyl (C=O) groups excluding carboxylic acids is 2. The van der Waals surface area contributed by atoms with Crippen LogP contribution in [0.25, 0.3) is 0 Å². The minimum atomic E-state index is -0.584. The van der Waals surface area contributed by atoms with E-state index >= 15 is 0 Å². The smallest absolute Gasteiger partial charge is 0.242 e. The van der Waals surface area contributed by atoms with E-state index in [-0.39, 0.29) is 17.6 Å². The van der Waals surface area contributed by atoms with Gasteiger partial charge in [0.15, 0.2) is 0 Å². The molecule has 0 heterocycles. The van der Waals surface area contributed by atoms with Gasteiger partial charge in [0.25, 0.3) is 0 Å². The summed E-state index contributed by atoms with van der Waals surface area (Å²) in [6, 6.07) is 12.0. The lowest BCUT2D eigenvalue weighted by Crippen LogP contribution is -2.48. The molecule has 2 amide bonds. The molecule has 162 valence electrons. The van der Waals surface area contributed by atoms with Gasteiger partial charge in [-0.25, -0.2) is 0 Å². The minimum absolute atomic E-state index is 0.112. The molecule has 0 aliphatic rings. The van der Waals surface area contributed by atoms with Crippen molar-refractivity contribution in [3.05, 3.63) is 68.7 Å². The van der Waals surface area contributed by atoms with Crippen molar-refractivity contribution >= 4 is 58.4 Å². The molecule has 0 saturated heterocycles. The second kappa shape index (κ2) is 12.5. The minimum Gasteiger partial charge on any atom is -0.354 e. The molecular weight excluding hydrogens is 463 g/mol. The maximum Gasteiger partial charge on any atom is 0.242 e. The highest BCUT2D eigenvalue weighted by Gasteiger charge is 2.25. The number of thioether (sulfide) groups is 1. The van der Waals surface area contributed by atoms with Crippen LogP contribution in [0.2, 0.25) is 15.1 Å². The summed E-state index contributed by atoms with van der Waals surface area (Å²) in [6.45, 7) is 4.65. The van der Waals surface area contributed by atoms with Gasteiger partial charge in [0.2, 0.25) is 11.8 Å². The molecule has 1 N–H and O–H groups in total. The number of carbonyl (C=O) groups is 2. The number of nitrogens with one attached hydrogen (secondary N) is 1. The maximum absolute atomic E-state index is 13.0. The third-order valence-corrected chi connectivity index (χ3v) is 6.29. The molecule has 1 unspecified atom stereocenters. The van der Waals surface area contributed by atoms with Crippen LogP contribution in [-0.2, 0) is 21.9 Å². The zero-order valence-electron chi connectivity index (χ0n) is 17.0. The second-order valence-corrected chi connectivity index (χ2v) is 9.11. The number of halogens is 3. The van der Waals surface area contributed by atoms with Gasteiger partial charge < -0.3 is 10.2 Å². The lowest BCUT2D eigenvalue weighted by atomic mass is 10.1. The summed E-state index contributed by atoms with van der Waals surface area (Å²) in [5.41, 5.74) is 1.82. The topological polar surface area (TPSA) is 49.4 Å². The summed E-state index contributed by atoms with van der Waals surface area (Å²) in [5.74, 6) is 0.536. The van der Waals surface area contributed by atoms with E-state index in [4.69, 9.17) is 34.8 Å². The van der Waals surface area contributed by atoms with Gasteiger partial charge in [0.05, 0.1) is 5.75 Å². The van der Waals surface area contributed by atoms with Gasteiger partial charge in [0, 0.05) is 33.9 Å². The Bertz CT molecular complexity index is 862. The molecule has 0 radical (unpaired) electrons. The van der Waals surface area contributed by atoms with Crippen LogP contribution in [0.15, 0.2) is 42.5 Å². The zero-order valence-corrected chi connectivity index (χ0v) is 20.0. The van der Waals surface area contributed by atoms with Crippen LogP contribution in [0.1, 0.15) is 31.4 Å². The molecule has 0 fully saturated rings. The predicted molar refractivity (Wildman–Crippen MR) is 127 cm³/mol. The SMILES string of the molecule is CCCNC(=O)C(C)N(Cc1ccc(Cl)cc1)C(=O)CSCc1ccc(Cl)cc1Cl. The highest BCUT2D eigenvalue weighted by Crippen LogP contribution is 2.25. The third kappa shape index (κ3) is 7.69. The Morgan fingerprint density at radius 2 is 1.73 bits per heavy atom. The molecule has 0 saturated carbocycles. The summed E-state index contributed by atoms with van der Waals surface area (Å²) in [5, 5.41) is 4.64. The van der Waals surface area contributed by atoms with Crippen LogP contribution in [0, 0.1) is 0 Å². The first-order valence-corrected chi connectivity index (χ1v) is 11.9. The van der Waals surface area contributed by atoms with Crippen LogP contribution in [0.5, 0.6) is 0 Å². The standard InChI is InChI=1S/C22H25Cl3N2O2S/c1-3-10-26-22(29)15(2)27(12-16-4-7-18(23)8-5-16)21(28)14-30-13-17-6-9-19(24)11-20(17)25/h4-9,11,15H,3,10,12-14H2,1-2H3,(H,26,29). The third-order valence-electron chi connectivity index (χ3n) is 4.48. The van der Waals surface area contributed by atoms with Crippen molar-refractivity contribution in [2.24, 2.45) is 0 Å². The van der Waals surface area contributed by atoms with Gasteiger partial charge >= 0.3 is 0 Å². The molecule has 0 bridgehead atoms. The summed E-state index contributed by atoms with van der Waals surface area (Å²) in [4.78, 5) is 27.1. The van der Waals surface area contributed by atoms with Crippen molar-refractivity contribution in [2.45, 2.75) is 38.6 Å². The average molecular weight is 488 g/mol. The van der Waals surface area contributed by atoms with Gasteiger partial charge in [0.1, 0.15) is 6.04 Å². The molecular formula is C22H25Cl3N2O2S. The Hall–Kier alpha value is -1.40. The number of nitrogens with zero attached hydrogens (tertiary/aromatic N) is 1. The van der Waals surface area contributed by atoms with Crippen molar-refractivity contribution in [3.63, 3.8) is 0 Å². The molecule has 2 aromatic carbocycles. The van der Waals surface area contributed by atoms with Crippen molar-refractivity contribution in [1.29, 1.82) is 0 Å². The normalized spacial score (nSPS) is 11.8. The maximum atomic E-state index is 13.0. The van der Waals surface area contributed by atoms with E-state index in [1.807, 2.05) is 25.1 Å². The van der Waals surface area contributed by atoms with Gasteiger partial charge in [-0.3, -0.25) is 9.59 Å². The van der Waals surface area contributed by atoms with E-state index in [0.29, 0.717) is 33.9 Å². The molecule has 0 aliphatic heterocycles. The van der Waals surface area contributed by atoms with Crippen molar-refractivity contribution in [1.82, 2.24) is 10.2 Å². The van der Waals surface area contributed by atoms with Gasteiger partial charge in [-0.05, 0) is 48.7 Å². The fourth-order valence-electron chi connectivity index (χ4n) is 2.73. The number of hydrogen-bond acceptors (Lipinski definition) is 3. The van der Waals surface area contributed by atoms with E-state index < -0.39 is 6.04 Å². The number of amides is 2. The molecule has 2 rings (SSSR count). The fraction of sp³-hybridized carbons (Fsp3) is 0.364. The number of benzene rings is 2. The fourth-order valence-corrected chi connectivity index (χ4v) is 4.33. The molecule has 4 nitrogen and oxygen atoms in total. The van der Waals surface area contributed by atoms with Gasteiger partial charge in [-0.15, -0.1) is 11.8 Å². The van der Waals surface area contributed by atoms with Crippen LogP contribution < -0.4 is 5.32 Å². The van der Waals surface area contributed by atoms with Crippen LogP contribution >= 0.6 is 46.6 Å². The highest BCUT2D eigenvalue weighted by molar-refractivity contribution is 7.99. The second-order valence-electron chi connectivity index (χ2n) is 6.84. The number of rotatable bonds is 10. The molecule has 0 spiro atoms. The lowest BCUT2D eigenvalue weighted by molar-refractivity contribution is -0.138. The largest absolute Gasteiger partial charge is 0.354 e. The molecule has 0 aliphatic carbocycles. The van der Waals surface area contributed by atoms with Crippen molar-refractivity contribution in [3.8, 4) is 0 Å². The van der Waals surface area contributed by atoms with Crippen LogP contribution in [0.3, 0.4) is 0 Å². The Morgan fingerprint density at radius 1 is 1.07 bits per heavy atom. The molecule has 8 heteroatoms. The Labute approximate surface area is 197 Å². The molecule has 0 aromatic heterocycles. The zero-order chi connectivity index (χ0) is 22.1. The Kier molecular flexibility index (Phi) is 10.3. The predicted octanol–water partition coefficient (Wildman–Crippen LogP) is 5.82. The first-order valence-electron chi connectivity index (χ1n) is 9.65. The summed E-state index contributed by atoms with van der Waals surface area (Å²) in [7, 11) is 0. The van der Waals surface area contributed by atoms with Gasteiger partial charge in [-0.2, -0.15) is 0 Å². The van der Waals surface area contributed by atoms with E-state index in [9.17, 15) is 9.59 Å². The number of hydrogen-bond donors (Lipinski definition) is 1. The highest BCUT2D eigenvalue weighted by atomic mass is 35.5. The lowest BCUT2D eigenvalue weighted by Gasteiger charge is -2.28. The summed E-state index contributed by atoms with van der Waals surface area (Å²) in [6.07, 6.45) is 0.835. The molecule has 1 atom stereocenters. The summed E-state index contributed by atoms with van der Waals surface area (Å²) < 4.78 is 0. The average Bonchev–Trinajstić information content (AvgIpc) is 2.72. The van der Waals surface area contributed by atoms with Crippen molar-refractivity contribution < 1.29 is 9.59 Å². The van der Waals surface area contributed by atoms with Gasteiger partial charge in [-0.1, -0.05) is 59.9 Å². The quantitative estimate of drug-likeness (QED) is 0.459. The van der Waals surface area contributed by atoms with E-state index in [2.05, 4.69) is 5.32 Å². The molecule has 30 heavy (non-hydrogen) atoms. The van der Waals surface area contributed by atoms with E-state index in [0.717, 1.165) is 17.5 Å². The summed E-state index contributed by atoms with van der Waals surface area (Å²) >= 11 is 19.6. The van der Waals surface area contributed by atoms with E-state index in [1.165, 1.54) is 11.8 Å². The van der Waals surface area contributed by atoms with Crippen LogP contribution in [-0.4, -0.2) is 35.1 Å². The Balaban J connectivity index is 2.06. The van der Waals surface area contributed by atoms with E-state index in [1.54, 1.807) is 36.1 Å². The van der Waals surface area contributed by atoms with Crippen molar-refractivity contribution in [2.75, 3.05) is 12.3 Å². The Morgan fingerprint density at radius 3 is 2.37 bits per heavy atom. The molecule has 2 aromatic rings. The van der Waals surface area contributed by atoms with Crippen LogP contribution in [0.4, 0.5) is 0 Å². The monoisotopic (exact) mass is 486 g/mol. The first kappa shape index (κ1) is 24.9. The first-order chi connectivity index (χ1) is 14.3.